The van der Waals surface area contributed by atoms with E-state index in [4.69, 9.17) is 16.3 Å². The topological polar surface area (TPSA) is 94.0 Å². The molecule has 0 radical (unpaired) electrons. The van der Waals surface area contributed by atoms with Crippen LogP contribution in [0.25, 0.3) is 10.9 Å². The quantitative estimate of drug-likeness (QED) is 0.397. The summed E-state index contributed by atoms with van der Waals surface area (Å²) >= 11 is 5.84. The van der Waals surface area contributed by atoms with Gasteiger partial charge in [0.15, 0.2) is 0 Å². The first-order chi connectivity index (χ1) is 17.4. The molecule has 1 atom stereocenters. The molecule has 5 rings (SSSR count). The molecule has 186 valence electrons. The molecule has 0 saturated carbocycles. The highest BCUT2D eigenvalue weighted by atomic mass is 35.5. The van der Waals surface area contributed by atoms with Crippen LogP contribution in [0, 0.1) is 11.6 Å². The van der Waals surface area contributed by atoms with Crippen molar-refractivity contribution in [3.05, 3.63) is 82.3 Å². The number of fused-ring (bicyclic) bond motifs is 1. The third kappa shape index (κ3) is 5.14. The van der Waals surface area contributed by atoms with Crippen LogP contribution < -0.4 is 10.6 Å². The van der Waals surface area contributed by atoms with E-state index in [0.29, 0.717) is 30.4 Å². The molecular weight excluding hydrogens is 490 g/mol. The van der Waals surface area contributed by atoms with Gasteiger partial charge in [0.2, 0.25) is 5.95 Å². The molecule has 11 heteroatoms. The third-order valence-corrected chi connectivity index (χ3v) is 6.36. The lowest BCUT2D eigenvalue weighted by atomic mass is 10.0. The molecule has 2 aromatic carbocycles. The second-order valence-corrected chi connectivity index (χ2v) is 9.02. The molecule has 1 unspecified atom stereocenters. The highest BCUT2D eigenvalue weighted by Crippen LogP contribution is 2.26. The molecule has 4 aromatic rings. The van der Waals surface area contributed by atoms with Crippen molar-refractivity contribution in [2.24, 2.45) is 7.05 Å². The number of rotatable bonds is 6. The van der Waals surface area contributed by atoms with Gasteiger partial charge in [-0.1, -0.05) is 17.7 Å². The van der Waals surface area contributed by atoms with Crippen LogP contribution in [0.1, 0.15) is 40.5 Å². The molecule has 1 saturated heterocycles. The zero-order valence-corrected chi connectivity index (χ0v) is 20.1. The normalized spacial score (nSPS) is 15.1. The average molecular weight is 513 g/mol. The monoisotopic (exact) mass is 512 g/mol. The zero-order chi connectivity index (χ0) is 25.2. The number of benzene rings is 2. The average Bonchev–Trinajstić information content (AvgIpc) is 3.30. The smallest absolute Gasteiger partial charge is 0.252 e. The van der Waals surface area contributed by atoms with Gasteiger partial charge in [-0.25, -0.2) is 18.7 Å². The van der Waals surface area contributed by atoms with Gasteiger partial charge in [0.1, 0.15) is 11.6 Å². The SMILES string of the molecule is Cn1ccc(C(NC(=O)c2cc(F)c3cnc(NC4CCOCC4)nc3c2)c2ccc(Cl)c(F)c2)n1. The molecule has 0 aliphatic carbocycles. The Balaban J connectivity index is 1.44. The van der Waals surface area contributed by atoms with Crippen LogP contribution in [0.2, 0.25) is 5.02 Å². The number of ether oxygens (including phenoxy) is 1. The minimum atomic E-state index is -0.791. The summed E-state index contributed by atoms with van der Waals surface area (Å²) in [5.74, 6) is -1.46. The van der Waals surface area contributed by atoms with E-state index in [2.05, 4.69) is 25.7 Å². The van der Waals surface area contributed by atoms with Crippen LogP contribution in [0.15, 0.2) is 48.8 Å². The minimum Gasteiger partial charge on any atom is -0.381 e. The number of hydrogen-bond acceptors (Lipinski definition) is 6. The lowest BCUT2D eigenvalue weighted by Crippen LogP contribution is -2.30. The Morgan fingerprint density at radius 3 is 2.69 bits per heavy atom. The summed E-state index contributed by atoms with van der Waals surface area (Å²) in [6, 6.07) is 7.96. The van der Waals surface area contributed by atoms with E-state index in [1.54, 1.807) is 30.1 Å². The second-order valence-electron chi connectivity index (χ2n) is 8.61. The Hall–Kier alpha value is -3.63. The maximum absolute atomic E-state index is 14.9. The number of anilines is 1. The van der Waals surface area contributed by atoms with Gasteiger partial charge in [-0.2, -0.15) is 5.10 Å². The van der Waals surface area contributed by atoms with Gasteiger partial charge < -0.3 is 15.4 Å². The second kappa shape index (κ2) is 10.2. The number of halogens is 3. The fourth-order valence-corrected chi connectivity index (χ4v) is 4.26. The summed E-state index contributed by atoms with van der Waals surface area (Å²) in [6.45, 7) is 1.30. The Morgan fingerprint density at radius 1 is 1.17 bits per heavy atom. The molecule has 1 aliphatic heterocycles. The largest absolute Gasteiger partial charge is 0.381 e. The van der Waals surface area contributed by atoms with Crippen LogP contribution in [-0.4, -0.2) is 44.9 Å². The zero-order valence-electron chi connectivity index (χ0n) is 19.3. The number of aryl methyl sites for hydroxylation is 1. The fourth-order valence-electron chi connectivity index (χ4n) is 4.14. The summed E-state index contributed by atoms with van der Waals surface area (Å²) in [5, 5.41) is 10.6. The summed E-state index contributed by atoms with van der Waals surface area (Å²) in [5.41, 5.74) is 1.28. The van der Waals surface area contributed by atoms with Crippen molar-refractivity contribution in [3.63, 3.8) is 0 Å². The molecule has 1 amide bonds. The number of carbonyl (C=O) groups is 1. The lowest BCUT2D eigenvalue weighted by molar-refractivity contribution is 0.0903. The van der Waals surface area contributed by atoms with Gasteiger partial charge in [-0.05, 0) is 48.7 Å². The molecule has 8 nitrogen and oxygen atoms in total. The molecule has 0 spiro atoms. The van der Waals surface area contributed by atoms with E-state index >= 15 is 0 Å². The summed E-state index contributed by atoms with van der Waals surface area (Å²) < 4.78 is 36.0. The van der Waals surface area contributed by atoms with Crippen molar-refractivity contribution < 1.29 is 18.3 Å². The van der Waals surface area contributed by atoms with Crippen molar-refractivity contribution in [1.29, 1.82) is 0 Å². The standard InChI is InChI=1S/C25H23ClF2N6O2/c1-34-7-4-21(33-34)23(14-2-3-18(26)20(28)10-14)32-24(35)15-11-19(27)17-13-29-25(31-22(17)12-15)30-16-5-8-36-9-6-16/h2-4,7,10-13,16,23H,5-6,8-9H2,1H3,(H,32,35)(H,29,30,31). The molecular formula is C25H23ClF2N6O2. The van der Waals surface area contributed by atoms with E-state index in [0.717, 1.165) is 18.9 Å². The summed E-state index contributed by atoms with van der Waals surface area (Å²) in [6.07, 6.45) is 4.74. The van der Waals surface area contributed by atoms with Crippen molar-refractivity contribution in [2.75, 3.05) is 18.5 Å². The maximum Gasteiger partial charge on any atom is 0.252 e. The van der Waals surface area contributed by atoms with E-state index in [1.807, 2.05) is 0 Å². The van der Waals surface area contributed by atoms with Gasteiger partial charge in [0, 0.05) is 44.3 Å². The van der Waals surface area contributed by atoms with Crippen molar-refractivity contribution in [2.45, 2.75) is 24.9 Å². The van der Waals surface area contributed by atoms with Crippen molar-refractivity contribution >= 4 is 34.4 Å². The first-order valence-corrected chi connectivity index (χ1v) is 11.8. The molecule has 0 bridgehead atoms. The van der Waals surface area contributed by atoms with E-state index in [-0.39, 0.29) is 27.5 Å². The van der Waals surface area contributed by atoms with Crippen LogP contribution in [0.3, 0.4) is 0 Å². The predicted molar refractivity (Wildman–Crippen MR) is 131 cm³/mol. The third-order valence-electron chi connectivity index (χ3n) is 6.05. The highest BCUT2D eigenvalue weighted by molar-refractivity contribution is 6.30. The van der Waals surface area contributed by atoms with Crippen molar-refractivity contribution in [1.82, 2.24) is 25.1 Å². The Bertz CT molecular complexity index is 1420. The van der Waals surface area contributed by atoms with Gasteiger partial charge in [0.25, 0.3) is 5.91 Å². The Labute approximate surface area is 210 Å². The number of hydrogen-bond donors (Lipinski definition) is 2. The number of aromatic nitrogens is 4. The predicted octanol–water partition coefficient (Wildman–Crippen LogP) is 4.41. The van der Waals surface area contributed by atoms with Gasteiger partial charge in [-0.15, -0.1) is 0 Å². The van der Waals surface area contributed by atoms with Crippen LogP contribution in [0.5, 0.6) is 0 Å². The Kier molecular flexibility index (Phi) is 6.80. The summed E-state index contributed by atoms with van der Waals surface area (Å²) in [4.78, 5) is 21.9. The molecule has 3 heterocycles. The number of amides is 1. The van der Waals surface area contributed by atoms with Crippen molar-refractivity contribution in [3.8, 4) is 0 Å². The maximum atomic E-state index is 14.9. The number of nitrogens with zero attached hydrogens (tertiary/aromatic N) is 4. The Morgan fingerprint density at radius 2 is 1.97 bits per heavy atom. The number of carbonyl (C=O) groups excluding carboxylic acids is 1. The van der Waals surface area contributed by atoms with Gasteiger partial charge in [0.05, 0.1) is 27.7 Å². The highest BCUT2D eigenvalue weighted by Gasteiger charge is 2.23. The van der Waals surface area contributed by atoms with Crippen LogP contribution >= 0.6 is 11.6 Å². The van der Waals surface area contributed by atoms with Gasteiger partial charge in [-0.3, -0.25) is 9.48 Å². The van der Waals surface area contributed by atoms with Crippen LogP contribution in [-0.2, 0) is 11.8 Å². The lowest BCUT2D eigenvalue weighted by Gasteiger charge is -2.23. The van der Waals surface area contributed by atoms with E-state index in [1.165, 1.54) is 24.4 Å². The molecule has 2 N–H and O–H groups in total. The molecule has 1 aliphatic rings. The minimum absolute atomic E-state index is 0.0358. The molecule has 1 fully saturated rings. The first kappa shape index (κ1) is 24.1. The summed E-state index contributed by atoms with van der Waals surface area (Å²) in [7, 11) is 1.73. The molecule has 2 aromatic heterocycles. The first-order valence-electron chi connectivity index (χ1n) is 11.4. The number of nitrogens with one attached hydrogen (secondary N) is 2. The van der Waals surface area contributed by atoms with E-state index < -0.39 is 23.6 Å². The van der Waals surface area contributed by atoms with Gasteiger partial charge >= 0.3 is 0 Å². The van der Waals surface area contributed by atoms with E-state index in [9.17, 15) is 13.6 Å². The fraction of sp³-hybridized carbons (Fsp3) is 0.280. The molecule has 36 heavy (non-hydrogen) atoms. The van der Waals surface area contributed by atoms with Crippen LogP contribution in [0.4, 0.5) is 14.7 Å².